The van der Waals surface area contributed by atoms with Gasteiger partial charge in [0.15, 0.2) is 11.9 Å². The maximum Gasteiger partial charge on any atom is 0.244 e. The lowest BCUT2D eigenvalue weighted by atomic mass is 10.00. The Bertz CT molecular complexity index is 1890. The van der Waals surface area contributed by atoms with Crippen LogP contribution >= 0.6 is 21.6 Å². The van der Waals surface area contributed by atoms with Crippen LogP contribution in [0, 0.1) is 0 Å². The number of carbonyl (C=O) groups excluding carboxylic acids is 5. The minimum Gasteiger partial charge on any atom is -0.508 e. The van der Waals surface area contributed by atoms with Gasteiger partial charge in [-0.1, -0.05) is 76.2 Å². The summed E-state index contributed by atoms with van der Waals surface area (Å²) in [4.78, 5) is 76.1. The van der Waals surface area contributed by atoms with Crippen LogP contribution in [0.2, 0.25) is 0 Å². The molecule has 1 aliphatic heterocycles. The quantitative estimate of drug-likeness (QED) is 0.0427. The Hall–Kier alpha value is -5.69. The average Bonchev–Trinajstić information content (AvgIpc) is 3.16. The second-order valence-corrected chi connectivity index (χ2v) is 15.5. The summed E-state index contributed by atoms with van der Waals surface area (Å²) >= 11 is 0. The fourth-order valence-electron chi connectivity index (χ4n) is 5.67. The summed E-state index contributed by atoms with van der Waals surface area (Å²) in [5.74, 6) is -2.86. The Morgan fingerprint density at radius 2 is 1.41 bits per heavy atom. The first kappa shape index (κ1) is 43.0. The minimum atomic E-state index is -1.15. The van der Waals surface area contributed by atoms with Crippen molar-refractivity contribution in [3.8, 4) is 5.75 Å². The van der Waals surface area contributed by atoms with Crippen molar-refractivity contribution in [2.24, 2.45) is 32.9 Å². The van der Waals surface area contributed by atoms with Crippen LogP contribution in [0.15, 0.2) is 76.7 Å². The molecule has 56 heavy (non-hydrogen) atoms. The molecule has 300 valence electrons. The van der Waals surface area contributed by atoms with Gasteiger partial charge in [0, 0.05) is 37.4 Å². The highest BCUT2D eigenvalue weighted by Crippen LogP contribution is 2.24. The number of nitrogens with one attached hydrogen (secondary N) is 5. The number of aromatic hydroxyl groups is 1. The van der Waals surface area contributed by atoms with Gasteiger partial charge in [-0.15, -0.1) is 0 Å². The van der Waals surface area contributed by atoms with Gasteiger partial charge in [0.1, 0.15) is 29.9 Å². The molecule has 0 radical (unpaired) electrons. The maximum atomic E-state index is 14.1. The number of carbonyl (C=O) groups is 5. The van der Waals surface area contributed by atoms with E-state index in [1.54, 1.807) is 24.3 Å². The Balaban J connectivity index is 1.61. The molecule has 14 N–H and O–H groups in total. The van der Waals surface area contributed by atoms with E-state index in [-0.39, 0.29) is 68.1 Å². The predicted molar refractivity (Wildman–Crippen MR) is 220 cm³/mol. The Morgan fingerprint density at radius 1 is 0.768 bits per heavy atom. The molecule has 0 saturated carbocycles. The minimum absolute atomic E-state index is 0.00204. The fourth-order valence-corrected chi connectivity index (χ4v) is 7.99. The van der Waals surface area contributed by atoms with E-state index in [4.69, 9.17) is 22.9 Å². The third-order valence-electron chi connectivity index (χ3n) is 8.58. The molecule has 0 spiro atoms. The first-order valence-electron chi connectivity index (χ1n) is 18.0. The van der Waals surface area contributed by atoms with Gasteiger partial charge in [-0.05, 0) is 53.3 Å². The van der Waals surface area contributed by atoms with Gasteiger partial charge in [-0.3, -0.25) is 34.0 Å². The summed E-state index contributed by atoms with van der Waals surface area (Å²) in [5, 5.41) is 25.5. The molecule has 1 heterocycles. The molecule has 4 atom stereocenters. The summed E-state index contributed by atoms with van der Waals surface area (Å²) in [7, 11) is 2.44. The first-order chi connectivity index (χ1) is 26.9. The zero-order valence-corrected chi connectivity index (χ0v) is 32.4. The second-order valence-electron chi connectivity index (χ2n) is 13.0. The number of phenols is 1. The molecular formula is C37H49N11O6S2. The molecule has 0 aliphatic carbocycles. The number of guanidine groups is 2. The zero-order chi connectivity index (χ0) is 40.5. The molecule has 17 nitrogen and oxygen atoms in total. The Kier molecular flexibility index (Phi) is 16.9. The van der Waals surface area contributed by atoms with Gasteiger partial charge in [-0.2, -0.15) is 0 Å². The molecule has 0 unspecified atom stereocenters. The van der Waals surface area contributed by atoms with E-state index in [1.807, 2.05) is 42.5 Å². The van der Waals surface area contributed by atoms with Crippen molar-refractivity contribution in [1.82, 2.24) is 26.6 Å². The lowest BCUT2D eigenvalue weighted by Crippen LogP contribution is -2.59. The molecule has 19 heteroatoms. The normalized spacial score (nSPS) is 19.3. The molecule has 1 saturated heterocycles. The van der Waals surface area contributed by atoms with Crippen molar-refractivity contribution >= 4 is 73.8 Å². The summed E-state index contributed by atoms with van der Waals surface area (Å²) in [6.45, 7) is 0.423. The van der Waals surface area contributed by atoms with Crippen LogP contribution in [-0.2, 0) is 36.8 Å². The Labute approximate surface area is 332 Å². The zero-order valence-electron chi connectivity index (χ0n) is 30.7. The van der Waals surface area contributed by atoms with Gasteiger partial charge >= 0.3 is 0 Å². The highest BCUT2D eigenvalue weighted by Gasteiger charge is 2.32. The monoisotopic (exact) mass is 807 g/mol. The summed E-state index contributed by atoms with van der Waals surface area (Å²) in [5.41, 5.74) is 23.4. The van der Waals surface area contributed by atoms with Crippen LogP contribution < -0.4 is 49.5 Å². The number of hydrogen-bond donors (Lipinski definition) is 10. The molecule has 1 aliphatic rings. The molecule has 3 aromatic rings. The smallest absolute Gasteiger partial charge is 0.244 e. The third-order valence-corrected chi connectivity index (χ3v) is 11.0. The average molecular weight is 808 g/mol. The van der Waals surface area contributed by atoms with Crippen molar-refractivity contribution in [2.45, 2.75) is 56.3 Å². The van der Waals surface area contributed by atoms with Crippen LogP contribution in [-0.4, -0.2) is 102 Å². The van der Waals surface area contributed by atoms with E-state index in [0.717, 1.165) is 21.9 Å². The van der Waals surface area contributed by atoms with Crippen LogP contribution in [0.4, 0.5) is 0 Å². The summed E-state index contributed by atoms with van der Waals surface area (Å²) < 4.78 is 0. The van der Waals surface area contributed by atoms with Crippen molar-refractivity contribution in [3.05, 3.63) is 77.9 Å². The Morgan fingerprint density at radius 3 is 2.14 bits per heavy atom. The molecule has 4 rings (SSSR count). The second kappa shape index (κ2) is 22.0. The van der Waals surface area contributed by atoms with Crippen LogP contribution in [0.3, 0.4) is 0 Å². The fraction of sp³-hybridized carbons (Fsp3) is 0.378. The van der Waals surface area contributed by atoms with Crippen molar-refractivity contribution < 1.29 is 29.1 Å². The van der Waals surface area contributed by atoms with Crippen molar-refractivity contribution in [2.75, 3.05) is 31.1 Å². The summed E-state index contributed by atoms with van der Waals surface area (Å²) in [6.07, 6.45) is 0.834. The molecule has 1 fully saturated rings. The number of nitrogens with zero attached hydrogens (tertiary/aromatic N) is 2. The largest absolute Gasteiger partial charge is 0.508 e. The molecular weight excluding hydrogens is 759 g/mol. The highest BCUT2D eigenvalue weighted by molar-refractivity contribution is 8.76. The number of fused-ring (bicyclic) bond motifs is 1. The number of benzene rings is 3. The van der Waals surface area contributed by atoms with Gasteiger partial charge < -0.3 is 54.6 Å². The molecule has 5 amide bonds. The number of nitrogens with two attached hydrogens (primary N) is 4. The van der Waals surface area contributed by atoms with Crippen LogP contribution in [0.25, 0.3) is 10.8 Å². The lowest BCUT2D eigenvalue weighted by molar-refractivity contribution is -0.134. The van der Waals surface area contributed by atoms with Gasteiger partial charge in [0.05, 0.1) is 6.54 Å². The highest BCUT2D eigenvalue weighted by atomic mass is 33.1. The predicted octanol–water partition coefficient (Wildman–Crippen LogP) is -0.502. The van der Waals surface area contributed by atoms with Crippen LogP contribution in [0.1, 0.15) is 30.4 Å². The topological polar surface area (TPSA) is 295 Å². The van der Waals surface area contributed by atoms with Gasteiger partial charge in [-0.25, -0.2) is 0 Å². The van der Waals surface area contributed by atoms with E-state index in [1.165, 1.54) is 21.6 Å². The third kappa shape index (κ3) is 14.5. The number of phenolic OH excluding ortho intramolecular Hbond substituents is 1. The van der Waals surface area contributed by atoms with E-state index >= 15 is 0 Å². The van der Waals surface area contributed by atoms with E-state index in [2.05, 4.69) is 36.6 Å². The number of rotatable bonds is 14. The number of amides is 5. The summed E-state index contributed by atoms with van der Waals surface area (Å²) in [6, 6.07) is 15.6. The SMILES string of the molecule is NC(N)=NCCC[C@H]1NC(=O)[C@@H](NC(=O)CCN=C(N)N)CSSC[C@H](C(=O)NCCc2ccc(O)cc2)NC(=O)[C@@H](Cc2ccc3ccccc3c2)NC1=O. The standard InChI is InChI=1S/C37H49N11O6S2/c38-36(39)43-15-3-6-27-33(52)47-28(19-23-7-10-24-4-1-2-5-25(24)18-23)34(53)48-29(32(51)42-16-13-22-8-11-26(49)12-9-22)20-55-56-21-30(35(54)46-27)45-31(50)14-17-44-37(40)41/h1-2,4-5,7-12,18,27-30,49H,3,6,13-17,19-21H2,(H,42,51)(H,45,50)(H,46,54)(H,47,52)(H,48,53)(H4,38,39,43)(H4,40,41,44)/t27-,28-,29-,30+/m1/s1. The lowest BCUT2D eigenvalue weighted by Gasteiger charge is -2.27. The maximum absolute atomic E-state index is 14.1. The first-order valence-corrected chi connectivity index (χ1v) is 20.5. The van der Waals surface area contributed by atoms with Gasteiger partial charge in [0.2, 0.25) is 29.5 Å². The molecule has 3 aromatic carbocycles. The van der Waals surface area contributed by atoms with Crippen LogP contribution in [0.5, 0.6) is 5.75 Å². The number of hydrogen-bond acceptors (Lipinski definition) is 10. The number of aliphatic imine (C=N–C) groups is 2. The van der Waals surface area contributed by atoms with E-state index in [0.29, 0.717) is 12.8 Å². The van der Waals surface area contributed by atoms with Crippen molar-refractivity contribution in [1.29, 1.82) is 0 Å². The van der Waals surface area contributed by atoms with Crippen molar-refractivity contribution in [3.63, 3.8) is 0 Å². The van der Waals surface area contributed by atoms with Gasteiger partial charge in [0.25, 0.3) is 0 Å². The van der Waals surface area contributed by atoms with E-state index < -0.39 is 53.7 Å². The van der Waals surface area contributed by atoms with E-state index in [9.17, 15) is 29.1 Å². The molecule has 0 bridgehead atoms. The molecule has 0 aromatic heterocycles.